The lowest BCUT2D eigenvalue weighted by Gasteiger charge is -2.34. The number of hydrogen-bond donors (Lipinski definition) is 2. The van der Waals surface area contributed by atoms with Crippen LogP contribution in [0.15, 0.2) is 72.9 Å². The zero-order valence-corrected chi connectivity index (χ0v) is 23.6. The first-order valence-corrected chi connectivity index (χ1v) is 13.7. The molecule has 8 nitrogen and oxygen atoms in total. The van der Waals surface area contributed by atoms with E-state index in [0.29, 0.717) is 11.5 Å². The minimum atomic E-state index is -0.295. The molecule has 0 spiro atoms. The zero-order valence-electron chi connectivity index (χ0n) is 23.6. The van der Waals surface area contributed by atoms with Crippen molar-refractivity contribution >= 4 is 34.4 Å². The van der Waals surface area contributed by atoms with E-state index in [1.165, 1.54) is 5.56 Å². The molecule has 2 amide bonds. The van der Waals surface area contributed by atoms with Crippen LogP contribution in [-0.4, -0.2) is 63.3 Å². The predicted molar refractivity (Wildman–Crippen MR) is 159 cm³/mol. The summed E-state index contributed by atoms with van der Waals surface area (Å²) in [6.07, 6.45) is 1.83. The Labute approximate surface area is 235 Å². The standard InChI is InChI=1S/C32H36N6O2/c1-22(39)38-17-15-37(16-18-38)21-23-7-5-9-27(19-23)34-31-33-20-26-8-6-10-28(29(26)35-31)24-11-13-25(14-12-24)30(40)36-32(2,3)4/h5-14,19-20H,15-18,21H2,1-4H3,(H,36,40)(H,33,34,35). The van der Waals surface area contributed by atoms with Gasteiger partial charge in [-0.1, -0.05) is 42.5 Å². The first-order chi connectivity index (χ1) is 19.1. The molecule has 1 aromatic heterocycles. The molecule has 0 bridgehead atoms. The molecule has 40 heavy (non-hydrogen) atoms. The Morgan fingerprint density at radius 3 is 2.35 bits per heavy atom. The van der Waals surface area contributed by atoms with Crippen molar-refractivity contribution in [2.75, 3.05) is 31.5 Å². The maximum atomic E-state index is 12.6. The van der Waals surface area contributed by atoms with Crippen LogP contribution in [0, 0.1) is 0 Å². The number of carbonyl (C=O) groups is 2. The molecule has 3 aromatic carbocycles. The van der Waals surface area contributed by atoms with Crippen molar-refractivity contribution < 1.29 is 9.59 Å². The quantitative estimate of drug-likeness (QED) is 0.351. The molecule has 206 valence electrons. The molecule has 5 rings (SSSR count). The monoisotopic (exact) mass is 536 g/mol. The molecule has 4 aromatic rings. The van der Waals surface area contributed by atoms with Crippen molar-refractivity contribution in [1.82, 2.24) is 25.1 Å². The van der Waals surface area contributed by atoms with Crippen LogP contribution in [-0.2, 0) is 11.3 Å². The highest BCUT2D eigenvalue weighted by Gasteiger charge is 2.19. The van der Waals surface area contributed by atoms with Gasteiger partial charge in [0.1, 0.15) is 0 Å². The lowest BCUT2D eigenvalue weighted by atomic mass is 10.0. The summed E-state index contributed by atoms with van der Waals surface area (Å²) in [5.74, 6) is 0.574. The van der Waals surface area contributed by atoms with E-state index in [-0.39, 0.29) is 17.4 Å². The van der Waals surface area contributed by atoms with Crippen molar-refractivity contribution in [2.24, 2.45) is 0 Å². The van der Waals surface area contributed by atoms with E-state index in [1.807, 2.05) is 86.5 Å². The number of carbonyl (C=O) groups excluding carboxylic acids is 2. The lowest BCUT2D eigenvalue weighted by Crippen LogP contribution is -2.47. The summed E-state index contributed by atoms with van der Waals surface area (Å²) >= 11 is 0. The number of nitrogens with one attached hydrogen (secondary N) is 2. The van der Waals surface area contributed by atoms with Crippen molar-refractivity contribution in [1.29, 1.82) is 0 Å². The number of nitrogens with zero attached hydrogens (tertiary/aromatic N) is 4. The van der Waals surface area contributed by atoms with E-state index in [4.69, 9.17) is 4.98 Å². The summed E-state index contributed by atoms with van der Waals surface area (Å²) in [5.41, 5.74) is 5.24. The topological polar surface area (TPSA) is 90.5 Å². The van der Waals surface area contributed by atoms with Crippen LogP contribution in [0.25, 0.3) is 22.0 Å². The number of fused-ring (bicyclic) bond motifs is 1. The van der Waals surface area contributed by atoms with E-state index >= 15 is 0 Å². The van der Waals surface area contributed by atoms with Crippen molar-refractivity contribution in [3.8, 4) is 11.1 Å². The third kappa shape index (κ3) is 6.63. The first kappa shape index (κ1) is 27.3. The highest BCUT2D eigenvalue weighted by molar-refractivity contribution is 5.97. The molecule has 0 aliphatic carbocycles. The highest BCUT2D eigenvalue weighted by Crippen LogP contribution is 2.29. The lowest BCUT2D eigenvalue weighted by molar-refractivity contribution is -0.130. The SMILES string of the molecule is CC(=O)N1CCN(Cc2cccc(Nc3ncc4cccc(-c5ccc(C(=O)NC(C)(C)C)cc5)c4n3)c2)CC1. The maximum Gasteiger partial charge on any atom is 0.251 e. The molecule has 2 N–H and O–H groups in total. The van der Waals surface area contributed by atoms with Gasteiger partial charge in [-0.05, 0) is 56.2 Å². The Hall–Kier alpha value is -4.30. The number of piperazine rings is 1. The van der Waals surface area contributed by atoms with Crippen molar-refractivity contribution in [2.45, 2.75) is 39.8 Å². The summed E-state index contributed by atoms with van der Waals surface area (Å²) in [6, 6.07) is 21.9. The molecule has 0 saturated carbocycles. The van der Waals surface area contributed by atoms with E-state index in [9.17, 15) is 9.59 Å². The Kier molecular flexibility index (Phi) is 7.80. The number of amides is 2. The number of benzene rings is 3. The van der Waals surface area contributed by atoms with Gasteiger partial charge < -0.3 is 15.5 Å². The summed E-state index contributed by atoms with van der Waals surface area (Å²) in [5, 5.41) is 7.32. The van der Waals surface area contributed by atoms with Gasteiger partial charge in [-0.3, -0.25) is 14.5 Å². The average molecular weight is 537 g/mol. The second kappa shape index (κ2) is 11.4. The molecule has 0 unspecified atom stereocenters. The minimum absolute atomic E-state index is 0.0914. The number of aromatic nitrogens is 2. The molecule has 8 heteroatoms. The fourth-order valence-electron chi connectivity index (χ4n) is 4.92. The van der Waals surface area contributed by atoms with Gasteiger partial charge in [0.15, 0.2) is 0 Å². The van der Waals surface area contributed by atoms with Gasteiger partial charge >= 0.3 is 0 Å². The van der Waals surface area contributed by atoms with Crippen LogP contribution >= 0.6 is 0 Å². The van der Waals surface area contributed by atoms with Crippen LogP contribution in [0.1, 0.15) is 43.6 Å². The van der Waals surface area contributed by atoms with Crippen molar-refractivity contribution in [3.05, 3.63) is 84.1 Å². The summed E-state index contributed by atoms with van der Waals surface area (Å²) < 4.78 is 0. The smallest absolute Gasteiger partial charge is 0.251 e. The molecule has 0 radical (unpaired) electrons. The molecule has 0 atom stereocenters. The van der Waals surface area contributed by atoms with Crippen molar-refractivity contribution in [3.63, 3.8) is 0 Å². The van der Waals surface area contributed by atoms with Crippen LogP contribution in [0.2, 0.25) is 0 Å². The largest absolute Gasteiger partial charge is 0.347 e. The number of rotatable bonds is 6. The summed E-state index contributed by atoms with van der Waals surface area (Å²) in [7, 11) is 0. The fourth-order valence-corrected chi connectivity index (χ4v) is 4.92. The Bertz CT molecular complexity index is 1520. The Morgan fingerprint density at radius 2 is 1.65 bits per heavy atom. The molecule has 2 heterocycles. The van der Waals surface area contributed by atoms with Gasteiger partial charge in [0.05, 0.1) is 5.52 Å². The van der Waals surface area contributed by atoms with Gasteiger partial charge in [-0.2, -0.15) is 0 Å². The number of anilines is 2. The van der Waals surface area contributed by atoms with E-state index < -0.39 is 0 Å². The zero-order chi connectivity index (χ0) is 28.3. The maximum absolute atomic E-state index is 12.6. The van der Waals surface area contributed by atoms with Crippen LogP contribution in [0.5, 0.6) is 0 Å². The van der Waals surface area contributed by atoms with Crippen LogP contribution in [0.3, 0.4) is 0 Å². The van der Waals surface area contributed by atoms with Crippen LogP contribution < -0.4 is 10.6 Å². The fraction of sp³-hybridized carbons (Fsp3) is 0.312. The number of para-hydroxylation sites is 1. The highest BCUT2D eigenvalue weighted by atomic mass is 16.2. The second-order valence-electron chi connectivity index (χ2n) is 11.3. The normalized spacial score (nSPS) is 14.2. The summed E-state index contributed by atoms with van der Waals surface area (Å²) in [6.45, 7) is 11.6. The van der Waals surface area contributed by atoms with Gasteiger partial charge in [-0.25, -0.2) is 9.97 Å². The molecular weight excluding hydrogens is 500 g/mol. The summed E-state index contributed by atoms with van der Waals surface area (Å²) in [4.78, 5) is 37.9. The third-order valence-corrected chi connectivity index (χ3v) is 6.96. The van der Waals surface area contributed by atoms with E-state index in [2.05, 4.69) is 32.7 Å². The Morgan fingerprint density at radius 1 is 0.925 bits per heavy atom. The minimum Gasteiger partial charge on any atom is -0.347 e. The van der Waals surface area contributed by atoms with E-state index in [0.717, 1.165) is 60.4 Å². The molecule has 1 fully saturated rings. The second-order valence-corrected chi connectivity index (χ2v) is 11.3. The van der Waals surface area contributed by atoms with Gasteiger partial charge in [-0.15, -0.1) is 0 Å². The van der Waals surface area contributed by atoms with Gasteiger partial charge in [0.2, 0.25) is 11.9 Å². The van der Waals surface area contributed by atoms with E-state index in [1.54, 1.807) is 6.92 Å². The molecule has 1 aliphatic rings. The molecular formula is C32H36N6O2. The molecule has 1 aliphatic heterocycles. The average Bonchev–Trinajstić information content (AvgIpc) is 2.92. The third-order valence-electron chi connectivity index (χ3n) is 6.96. The van der Waals surface area contributed by atoms with Gasteiger partial charge in [0.25, 0.3) is 5.91 Å². The number of hydrogen-bond acceptors (Lipinski definition) is 6. The first-order valence-electron chi connectivity index (χ1n) is 13.7. The van der Waals surface area contributed by atoms with Crippen LogP contribution in [0.4, 0.5) is 11.6 Å². The molecule has 1 saturated heterocycles. The Balaban J connectivity index is 1.32. The predicted octanol–water partition coefficient (Wildman–Crippen LogP) is 5.23. The van der Waals surface area contributed by atoms with Gasteiger partial charge in [0, 0.05) is 73.6 Å².